The average molecular weight is 295 g/mol. The van der Waals surface area contributed by atoms with Crippen molar-refractivity contribution < 1.29 is 14.4 Å². The van der Waals surface area contributed by atoms with Crippen molar-refractivity contribution in [3.05, 3.63) is 11.7 Å². The molecule has 1 aliphatic rings. The first-order valence-corrected chi connectivity index (χ1v) is 7.60. The Morgan fingerprint density at radius 3 is 2.57 bits per heavy atom. The third-order valence-electron chi connectivity index (χ3n) is 3.97. The van der Waals surface area contributed by atoms with Crippen LogP contribution in [0.5, 0.6) is 0 Å². The second kappa shape index (κ2) is 6.13. The predicted octanol–water partition coefficient (Wildman–Crippen LogP) is 1.72. The molecule has 21 heavy (non-hydrogen) atoms. The van der Waals surface area contributed by atoms with E-state index in [1.54, 1.807) is 0 Å². The molecule has 6 heteroatoms. The number of rotatable bonds is 5. The highest BCUT2D eigenvalue weighted by Crippen LogP contribution is 2.29. The van der Waals surface area contributed by atoms with Crippen LogP contribution in [0.2, 0.25) is 0 Å². The zero-order valence-electron chi connectivity index (χ0n) is 13.1. The van der Waals surface area contributed by atoms with Crippen molar-refractivity contribution in [2.24, 2.45) is 0 Å². The van der Waals surface area contributed by atoms with E-state index in [1.165, 1.54) is 0 Å². The van der Waals surface area contributed by atoms with Crippen molar-refractivity contribution in [1.29, 1.82) is 0 Å². The van der Waals surface area contributed by atoms with E-state index in [0.29, 0.717) is 24.6 Å². The quantitative estimate of drug-likeness (QED) is 0.863. The summed E-state index contributed by atoms with van der Waals surface area (Å²) in [5.74, 6) is 1.07. The van der Waals surface area contributed by atoms with Crippen molar-refractivity contribution in [2.45, 2.75) is 70.3 Å². The maximum absolute atomic E-state index is 12.0. The van der Waals surface area contributed by atoms with E-state index in [2.05, 4.69) is 15.5 Å². The number of nitrogens with zero attached hydrogens (tertiary/aromatic N) is 2. The van der Waals surface area contributed by atoms with Gasteiger partial charge in [0, 0.05) is 18.3 Å². The normalized spacial score (nSPS) is 17.9. The Morgan fingerprint density at radius 2 is 2.05 bits per heavy atom. The van der Waals surface area contributed by atoms with Crippen LogP contribution >= 0.6 is 0 Å². The summed E-state index contributed by atoms with van der Waals surface area (Å²) < 4.78 is 5.17. The lowest BCUT2D eigenvalue weighted by Crippen LogP contribution is -2.49. The highest BCUT2D eigenvalue weighted by molar-refractivity contribution is 5.77. The van der Waals surface area contributed by atoms with Crippen molar-refractivity contribution in [2.75, 3.05) is 6.61 Å². The molecule has 0 aliphatic heterocycles. The van der Waals surface area contributed by atoms with Gasteiger partial charge in [-0.2, -0.15) is 4.98 Å². The number of nitrogens with one attached hydrogen (secondary N) is 1. The molecule has 1 amide bonds. The van der Waals surface area contributed by atoms with Crippen LogP contribution in [0.1, 0.15) is 64.6 Å². The molecule has 2 rings (SSSR count). The van der Waals surface area contributed by atoms with E-state index < -0.39 is 5.54 Å². The van der Waals surface area contributed by atoms with Gasteiger partial charge in [0.1, 0.15) is 0 Å². The van der Waals surface area contributed by atoms with Crippen LogP contribution in [-0.2, 0) is 16.6 Å². The largest absolute Gasteiger partial charge is 0.394 e. The van der Waals surface area contributed by atoms with Crippen LogP contribution in [0.3, 0.4) is 0 Å². The van der Waals surface area contributed by atoms with Gasteiger partial charge in [-0.05, 0) is 12.8 Å². The van der Waals surface area contributed by atoms with Crippen LogP contribution in [0.25, 0.3) is 0 Å². The Kier molecular flexibility index (Phi) is 4.66. The molecule has 0 bridgehead atoms. The lowest BCUT2D eigenvalue weighted by atomic mass is 9.96. The third-order valence-corrected chi connectivity index (χ3v) is 3.97. The van der Waals surface area contributed by atoms with Gasteiger partial charge in [-0.3, -0.25) is 4.79 Å². The number of hydrogen-bond donors (Lipinski definition) is 2. The molecule has 0 radical (unpaired) electrons. The summed E-state index contributed by atoms with van der Waals surface area (Å²) in [7, 11) is 0. The van der Waals surface area contributed by atoms with Crippen molar-refractivity contribution >= 4 is 5.91 Å². The highest BCUT2D eigenvalue weighted by Gasteiger charge is 2.34. The molecule has 1 aromatic rings. The van der Waals surface area contributed by atoms with Crippen LogP contribution < -0.4 is 5.32 Å². The second-order valence-electron chi connectivity index (χ2n) is 6.96. The first kappa shape index (κ1) is 15.9. The molecular weight excluding hydrogens is 270 g/mol. The van der Waals surface area contributed by atoms with E-state index in [9.17, 15) is 9.90 Å². The number of hydrogen-bond acceptors (Lipinski definition) is 5. The molecule has 0 spiro atoms. The second-order valence-corrected chi connectivity index (χ2v) is 6.96. The van der Waals surface area contributed by atoms with Gasteiger partial charge in [0.05, 0.1) is 12.1 Å². The highest BCUT2D eigenvalue weighted by atomic mass is 16.5. The van der Waals surface area contributed by atoms with Gasteiger partial charge in [0.25, 0.3) is 0 Å². The van der Waals surface area contributed by atoms with Gasteiger partial charge in [0.15, 0.2) is 5.82 Å². The SMILES string of the molecule is CC(C)(C)c1noc(CCC(=O)NC2(CO)CCCC2)n1. The maximum Gasteiger partial charge on any atom is 0.227 e. The Hall–Kier alpha value is -1.43. The molecule has 1 heterocycles. The predicted molar refractivity (Wildman–Crippen MR) is 77.7 cm³/mol. The Labute approximate surface area is 125 Å². The summed E-state index contributed by atoms with van der Waals surface area (Å²) in [6.07, 6.45) is 4.54. The van der Waals surface area contributed by atoms with E-state index in [-0.39, 0.29) is 17.9 Å². The van der Waals surface area contributed by atoms with Gasteiger partial charge < -0.3 is 14.9 Å². The molecule has 1 aromatic heterocycles. The number of aryl methyl sites for hydroxylation is 1. The average Bonchev–Trinajstić information content (AvgIpc) is 3.05. The molecule has 2 N–H and O–H groups in total. The number of aliphatic hydroxyl groups is 1. The topological polar surface area (TPSA) is 88.2 Å². The third kappa shape index (κ3) is 4.03. The van der Waals surface area contributed by atoms with E-state index in [1.807, 2.05) is 20.8 Å². The molecule has 6 nitrogen and oxygen atoms in total. The summed E-state index contributed by atoms with van der Waals surface area (Å²) in [4.78, 5) is 16.3. The van der Waals surface area contributed by atoms with Crippen molar-refractivity contribution in [3.8, 4) is 0 Å². The van der Waals surface area contributed by atoms with Crippen LogP contribution in [-0.4, -0.2) is 33.3 Å². The maximum atomic E-state index is 12.0. The zero-order chi connectivity index (χ0) is 15.5. The molecule has 1 saturated carbocycles. The summed E-state index contributed by atoms with van der Waals surface area (Å²) in [6, 6.07) is 0. The van der Waals surface area contributed by atoms with Gasteiger partial charge in [-0.1, -0.05) is 38.8 Å². The molecule has 1 fully saturated rings. The first-order chi connectivity index (χ1) is 9.85. The lowest BCUT2D eigenvalue weighted by Gasteiger charge is -2.27. The van der Waals surface area contributed by atoms with Crippen LogP contribution in [0.4, 0.5) is 0 Å². The summed E-state index contributed by atoms with van der Waals surface area (Å²) in [5, 5.41) is 16.4. The Balaban J connectivity index is 1.85. The molecule has 0 aromatic carbocycles. The minimum atomic E-state index is -0.414. The fourth-order valence-electron chi connectivity index (χ4n) is 2.61. The van der Waals surface area contributed by atoms with Gasteiger partial charge in [-0.15, -0.1) is 0 Å². The summed E-state index contributed by atoms with van der Waals surface area (Å²) in [5.41, 5.74) is -0.572. The van der Waals surface area contributed by atoms with Crippen molar-refractivity contribution in [1.82, 2.24) is 15.5 Å². The summed E-state index contributed by atoms with van der Waals surface area (Å²) in [6.45, 7) is 6.05. The summed E-state index contributed by atoms with van der Waals surface area (Å²) >= 11 is 0. The van der Waals surface area contributed by atoms with E-state index in [0.717, 1.165) is 25.7 Å². The van der Waals surface area contributed by atoms with Gasteiger partial charge in [-0.25, -0.2) is 0 Å². The van der Waals surface area contributed by atoms with Gasteiger partial charge >= 0.3 is 0 Å². The van der Waals surface area contributed by atoms with E-state index in [4.69, 9.17) is 4.52 Å². The first-order valence-electron chi connectivity index (χ1n) is 7.60. The smallest absolute Gasteiger partial charge is 0.227 e. The van der Waals surface area contributed by atoms with Crippen molar-refractivity contribution in [3.63, 3.8) is 0 Å². The van der Waals surface area contributed by atoms with E-state index >= 15 is 0 Å². The molecule has 0 saturated heterocycles. The molecular formula is C15H25N3O3. The number of amides is 1. The standard InChI is InChI=1S/C15H25N3O3/c1-14(2,3)13-16-12(21-18-13)7-6-11(20)17-15(10-19)8-4-5-9-15/h19H,4-10H2,1-3H3,(H,17,20). The number of carbonyl (C=O) groups excluding carboxylic acids is 1. The number of aliphatic hydroxyl groups excluding tert-OH is 1. The minimum Gasteiger partial charge on any atom is -0.394 e. The fourth-order valence-corrected chi connectivity index (χ4v) is 2.61. The fraction of sp³-hybridized carbons (Fsp3) is 0.800. The molecule has 0 atom stereocenters. The van der Waals surface area contributed by atoms with Gasteiger partial charge in [0.2, 0.25) is 11.8 Å². The zero-order valence-corrected chi connectivity index (χ0v) is 13.1. The minimum absolute atomic E-state index is 0.00741. The molecule has 0 unspecified atom stereocenters. The molecule has 118 valence electrons. The van der Waals surface area contributed by atoms with Crippen LogP contribution in [0.15, 0.2) is 4.52 Å². The Morgan fingerprint density at radius 1 is 1.38 bits per heavy atom. The monoisotopic (exact) mass is 295 g/mol. The lowest BCUT2D eigenvalue weighted by molar-refractivity contribution is -0.123. The Bertz CT molecular complexity index is 485. The number of carbonyl (C=O) groups is 1. The number of aromatic nitrogens is 2. The van der Waals surface area contributed by atoms with Crippen LogP contribution in [0, 0.1) is 0 Å². The molecule has 1 aliphatic carbocycles.